The third-order valence-corrected chi connectivity index (χ3v) is 4.12. The number of rotatable bonds is 4. The van der Waals surface area contributed by atoms with Gasteiger partial charge in [-0.05, 0) is 24.6 Å². The van der Waals surface area contributed by atoms with Gasteiger partial charge in [-0.2, -0.15) is 0 Å². The van der Waals surface area contributed by atoms with Gasteiger partial charge in [0.25, 0.3) is 0 Å². The Labute approximate surface area is 111 Å². The lowest BCUT2D eigenvalue weighted by Crippen LogP contribution is -2.28. The van der Waals surface area contributed by atoms with Gasteiger partial charge in [0.2, 0.25) is 0 Å². The lowest BCUT2D eigenvalue weighted by atomic mass is 10.0. The summed E-state index contributed by atoms with van der Waals surface area (Å²) in [5.74, 6) is -0.831. The molecule has 0 amide bonds. The topological polar surface area (TPSA) is 37.3 Å². The van der Waals surface area contributed by atoms with E-state index in [1.165, 1.54) is 11.8 Å². The van der Waals surface area contributed by atoms with Crippen LogP contribution in [0.2, 0.25) is 0 Å². The first-order valence-electron chi connectivity index (χ1n) is 5.66. The van der Waals surface area contributed by atoms with Crippen molar-refractivity contribution in [2.24, 2.45) is 0 Å². The first-order chi connectivity index (χ1) is 8.63. The Balaban J connectivity index is 2.37. The van der Waals surface area contributed by atoms with Crippen LogP contribution < -0.4 is 0 Å². The standard InChI is InChI=1S/C15H14O2S/c1-15(14(16)17,12-8-4-2-5-9-12)18-13-10-6-3-7-11-13/h2-11H,1H3,(H,16,17)/t15-/m1/s1. The average Bonchev–Trinajstić information content (AvgIpc) is 2.40. The van der Waals surface area contributed by atoms with Gasteiger partial charge in [-0.15, -0.1) is 11.8 Å². The molecule has 0 heterocycles. The number of thioether (sulfide) groups is 1. The number of aliphatic carboxylic acids is 1. The van der Waals surface area contributed by atoms with Crippen molar-refractivity contribution in [1.82, 2.24) is 0 Å². The van der Waals surface area contributed by atoms with Gasteiger partial charge in [0.05, 0.1) is 0 Å². The molecule has 2 rings (SSSR count). The molecule has 0 radical (unpaired) electrons. The molecule has 2 aromatic carbocycles. The first kappa shape index (κ1) is 12.7. The Hall–Kier alpha value is -1.74. The van der Waals surface area contributed by atoms with Gasteiger partial charge < -0.3 is 5.11 Å². The Kier molecular flexibility index (Phi) is 3.72. The first-order valence-corrected chi connectivity index (χ1v) is 6.47. The van der Waals surface area contributed by atoms with Gasteiger partial charge >= 0.3 is 5.97 Å². The van der Waals surface area contributed by atoms with Crippen LogP contribution in [-0.2, 0) is 9.54 Å². The molecule has 0 saturated heterocycles. The monoisotopic (exact) mass is 258 g/mol. The quantitative estimate of drug-likeness (QED) is 0.848. The van der Waals surface area contributed by atoms with Crippen LogP contribution in [0, 0.1) is 0 Å². The van der Waals surface area contributed by atoms with E-state index in [0.717, 1.165) is 10.5 Å². The van der Waals surface area contributed by atoms with E-state index in [-0.39, 0.29) is 0 Å². The Morgan fingerprint density at radius 3 is 2.00 bits per heavy atom. The summed E-state index contributed by atoms with van der Waals surface area (Å²) in [4.78, 5) is 12.6. The van der Waals surface area contributed by atoms with Gasteiger partial charge in [-0.3, -0.25) is 4.79 Å². The van der Waals surface area contributed by atoms with Gasteiger partial charge in [0.15, 0.2) is 0 Å². The molecular weight excluding hydrogens is 244 g/mol. The summed E-state index contributed by atoms with van der Waals surface area (Å²) in [5.41, 5.74) is 0.798. The van der Waals surface area contributed by atoms with Crippen LogP contribution in [0.25, 0.3) is 0 Å². The maximum atomic E-state index is 11.6. The minimum Gasteiger partial charge on any atom is -0.480 e. The fraction of sp³-hybridized carbons (Fsp3) is 0.133. The number of carboxylic acids is 1. The third-order valence-electron chi connectivity index (χ3n) is 2.80. The van der Waals surface area contributed by atoms with Crippen LogP contribution in [0.4, 0.5) is 0 Å². The van der Waals surface area contributed by atoms with E-state index >= 15 is 0 Å². The summed E-state index contributed by atoms with van der Waals surface area (Å²) >= 11 is 1.35. The van der Waals surface area contributed by atoms with Gasteiger partial charge in [0, 0.05) is 4.90 Å². The van der Waals surface area contributed by atoms with Crippen LogP contribution >= 0.6 is 11.8 Å². The number of benzene rings is 2. The molecule has 1 N–H and O–H groups in total. The summed E-state index contributed by atoms with van der Waals surface area (Å²) in [5, 5.41) is 9.53. The molecule has 0 bridgehead atoms. The van der Waals surface area contributed by atoms with Crippen molar-refractivity contribution in [3.05, 3.63) is 66.2 Å². The lowest BCUT2D eigenvalue weighted by molar-refractivity contribution is -0.139. The highest BCUT2D eigenvalue weighted by molar-refractivity contribution is 8.01. The fourth-order valence-corrected chi connectivity index (χ4v) is 2.81. The number of carboxylic acid groups (broad SMARTS) is 1. The summed E-state index contributed by atoms with van der Waals surface area (Å²) in [6, 6.07) is 18.9. The van der Waals surface area contributed by atoms with E-state index in [1.54, 1.807) is 6.92 Å². The Bertz CT molecular complexity index is 525. The molecule has 0 aliphatic rings. The smallest absolute Gasteiger partial charge is 0.324 e. The third kappa shape index (κ3) is 2.57. The van der Waals surface area contributed by atoms with Crippen LogP contribution in [-0.4, -0.2) is 11.1 Å². The minimum atomic E-state index is -0.970. The zero-order valence-electron chi connectivity index (χ0n) is 10.0. The van der Waals surface area contributed by atoms with Crippen molar-refractivity contribution in [3.8, 4) is 0 Å². The van der Waals surface area contributed by atoms with E-state index in [4.69, 9.17) is 0 Å². The maximum Gasteiger partial charge on any atom is 0.324 e. The van der Waals surface area contributed by atoms with Crippen molar-refractivity contribution in [2.75, 3.05) is 0 Å². The molecule has 0 aliphatic carbocycles. The molecule has 0 aliphatic heterocycles. The van der Waals surface area contributed by atoms with Crippen LogP contribution in [0.3, 0.4) is 0 Å². The van der Waals surface area contributed by atoms with Gasteiger partial charge in [-0.1, -0.05) is 48.5 Å². The normalized spacial score (nSPS) is 13.8. The zero-order chi connectivity index (χ0) is 13.0. The second-order valence-electron chi connectivity index (χ2n) is 4.12. The second kappa shape index (κ2) is 5.27. The van der Waals surface area contributed by atoms with Crippen molar-refractivity contribution >= 4 is 17.7 Å². The number of hydrogen-bond donors (Lipinski definition) is 1. The fourth-order valence-electron chi connectivity index (χ4n) is 1.71. The largest absolute Gasteiger partial charge is 0.480 e. The van der Waals surface area contributed by atoms with Crippen molar-refractivity contribution in [2.45, 2.75) is 16.6 Å². The number of carbonyl (C=O) groups is 1. The molecule has 2 aromatic rings. The van der Waals surface area contributed by atoms with E-state index in [1.807, 2.05) is 60.7 Å². The summed E-state index contributed by atoms with van der Waals surface area (Å²) in [6.07, 6.45) is 0. The lowest BCUT2D eigenvalue weighted by Gasteiger charge is -2.24. The highest BCUT2D eigenvalue weighted by Gasteiger charge is 2.36. The summed E-state index contributed by atoms with van der Waals surface area (Å²) in [7, 11) is 0. The van der Waals surface area contributed by atoms with Crippen LogP contribution in [0.15, 0.2) is 65.6 Å². The summed E-state index contributed by atoms with van der Waals surface area (Å²) < 4.78 is -0.970. The highest BCUT2D eigenvalue weighted by atomic mass is 32.2. The van der Waals surface area contributed by atoms with Crippen LogP contribution in [0.1, 0.15) is 12.5 Å². The molecule has 3 heteroatoms. The SMILES string of the molecule is C[C@](Sc1ccccc1)(C(=O)O)c1ccccc1. The molecule has 1 atom stereocenters. The summed E-state index contributed by atoms with van der Waals surface area (Å²) in [6.45, 7) is 1.74. The maximum absolute atomic E-state index is 11.6. The van der Waals surface area contributed by atoms with E-state index in [2.05, 4.69) is 0 Å². The Morgan fingerprint density at radius 1 is 1.00 bits per heavy atom. The van der Waals surface area contributed by atoms with Crippen molar-refractivity contribution < 1.29 is 9.90 Å². The van der Waals surface area contributed by atoms with Crippen molar-refractivity contribution in [3.63, 3.8) is 0 Å². The van der Waals surface area contributed by atoms with Crippen LogP contribution in [0.5, 0.6) is 0 Å². The van der Waals surface area contributed by atoms with E-state index < -0.39 is 10.7 Å². The predicted octanol–water partition coefficient (Wildman–Crippen LogP) is 3.78. The molecule has 0 unspecified atom stereocenters. The molecular formula is C15H14O2S. The molecule has 0 spiro atoms. The van der Waals surface area contributed by atoms with E-state index in [0.29, 0.717) is 0 Å². The zero-order valence-corrected chi connectivity index (χ0v) is 10.9. The van der Waals surface area contributed by atoms with Crippen molar-refractivity contribution in [1.29, 1.82) is 0 Å². The molecule has 0 saturated carbocycles. The Morgan fingerprint density at radius 2 is 1.50 bits per heavy atom. The van der Waals surface area contributed by atoms with Gasteiger partial charge in [0.1, 0.15) is 4.75 Å². The second-order valence-corrected chi connectivity index (χ2v) is 5.61. The predicted molar refractivity (Wildman–Crippen MR) is 73.7 cm³/mol. The highest BCUT2D eigenvalue weighted by Crippen LogP contribution is 2.41. The van der Waals surface area contributed by atoms with E-state index in [9.17, 15) is 9.90 Å². The molecule has 0 aromatic heterocycles. The molecule has 92 valence electrons. The molecule has 18 heavy (non-hydrogen) atoms. The average molecular weight is 258 g/mol. The molecule has 2 nitrogen and oxygen atoms in total. The minimum absolute atomic E-state index is 0.798. The molecule has 0 fully saturated rings. The number of hydrogen-bond acceptors (Lipinski definition) is 2. The van der Waals surface area contributed by atoms with Gasteiger partial charge in [-0.25, -0.2) is 0 Å².